The number of carbonyl (C=O) groups excluding carboxylic acids is 2. The number of hydrogen-bond donors (Lipinski definition) is 1. The molecule has 5 nitrogen and oxygen atoms in total. The molecule has 0 bridgehead atoms. The lowest BCUT2D eigenvalue weighted by molar-refractivity contribution is -0.118. The van der Waals surface area contributed by atoms with E-state index in [0.29, 0.717) is 30.9 Å². The van der Waals surface area contributed by atoms with Crippen molar-refractivity contribution in [2.45, 2.75) is 32.6 Å². The van der Waals surface area contributed by atoms with Crippen molar-refractivity contribution in [3.63, 3.8) is 0 Å². The van der Waals surface area contributed by atoms with Crippen LogP contribution in [0.4, 0.5) is 10.1 Å². The Hall–Kier alpha value is -1.95. The zero-order chi connectivity index (χ0) is 15.9. The molecule has 2 atom stereocenters. The Morgan fingerprint density at radius 3 is 2.68 bits per heavy atom. The Labute approximate surface area is 128 Å². The third-order valence-electron chi connectivity index (χ3n) is 4.17. The number of carbonyl (C=O) groups is 2. The van der Waals surface area contributed by atoms with Crippen molar-refractivity contribution in [3.05, 3.63) is 29.3 Å². The molecule has 0 aromatic heterocycles. The summed E-state index contributed by atoms with van der Waals surface area (Å²) in [5, 5.41) is 2.87. The third kappa shape index (κ3) is 2.59. The number of nitrogens with one attached hydrogen (secondary N) is 1. The molecule has 0 aliphatic carbocycles. The van der Waals surface area contributed by atoms with Crippen molar-refractivity contribution in [1.29, 1.82) is 0 Å². The smallest absolute Gasteiger partial charge is 0.251 e. The minimum Gasteiger partial charge on any atom is -0.377 e. The standard InChI is InChI=1S/C16H19FN2O3/c1-9-5-12-6-11(16(21)18-13-7-22-8-13)3-4-14(12)19(10(2)20)15(9)17/h3-4,6,9,13,15H,5,7-8H2,1-2H3,(H,18,21)/t9?,15-/m1/s1. The zero-order valence-electron chi connectivity index (χ0n) is 12.6. The number of fused-ring (bicyclic) bond motifs is 1. The fourth-order valence-corrected chi connectivity index (χ4v) is 2.89. The van der Waals surface area contributed by atoms with E-state index < -0.39 is 6.30 Å². The summed E-state index contributed by atoms with van der Waals surface area (Å²) in [5.41, 5.74) is 1.91. The number of anilines is 1. The summed E-state index contributed by atoms with van der Waals surface area (Å²) in [6.07, 6.45) is -0.815. The van der Waals surface area contributed by atoms with Crippen LogP contribution < -0.4 is 10.2 Å². The molecule has 1 fully saturated rings. The number of rotatable bonds is 2. The average molecular weight is 306 g/mol. The van der Waals surface area contributed by atoms with Crippen molar-refractivity contribution >= 4 is 17.5 Å². The first kappa shape index (κ1) is 15.0. The number of halogens is 1. The van der Waals surface area contributed by atoms with E-state index in [1.54, 1.807) is 25.1 Å². The molecule has 2 heterocycles. The van der Waals surface area contributed by atoms with Gasteiger partial charge in [0.15, 0.2) is 6.30 Å². The maximum atomic E-state index is 14.3. The van der Waals surface area contributed by atoms with Gasteiger partial charge in [-0.3, -0.25) is 14.5 Å². The first-order chi connectivity index (χ1) is 10.5. The molecule has 0 spiro atoms. The first-order valence-corrected chi connectivity index (χ1v) is 7.42. The lowest BCUT2D eigenvalue weighted by Crippen LogP contribution is -2.48. The van der Waals surface area contributed by atoms with Crippen LogP contribution in [0.15, 0.2) is 18.2 Å². The number of amides is 2. The molecule has 2 amide bonds. The maximum absolute atomic E-state index is 14.3. The second kappa shape index (κ2) is 5.68. The summed E-state index contributed by atoms with van der Waals surface area (Å²) in [5.74, 6) is -0.792. The van der Waals surface area contributed by atoms with Crippen molar-refractivity contribution < 1.29 is 18.7 Å². The summed E-state index contributed by atoms with van der Waals surface area (Å²) in [6.45, 7) is 4.19. The van der Waals surface area contributed by atoms with Gasteiger partial charge < -0.3 is 10.1 Å². The van der Waals surface area contributed by atoms with Gasteiger partial charge in [0.1, 0.15) is 0 Å². The molecule has 2 aliphatic rings. The second-order valence-corrected chi connectivity index (χ2v) is 5.99. The van der Waals surface area contributed by atoms with Crippen LogP contribution in [-0.4, -0.2) is 37.4 Å². The van der Waals surface area contributed by atoms with Crippen molar-refractivity contribution in [2.24, 2.45) is 5.92 Å². The van der Waals surface area contributed by atoms with E-state index in [9.17, 15) is 14.0 Å². The highest BCUT2D eigenvalue weighted by molar-refractivity contribution is 5.97. The fourth-order valence-electron chi connectivity index (χ4n) is 2.89. The minimum absolute atomic E-state index is 0.0615. The van der Waals surface area contributed by atoms with E-state index in [0.717, 1.165) is 5.56 Å². The van der Waals surface area contributed by atoms with Gasteiger partial charge in [-0.25, -0.2) is 4.39 Å². The van der Waals surface area contributed by atoms with Crippen LogP contribution in [0.25, 0.3) is 0 Å². The molecule has 1 N–H and O–H groups in total. The molecule has 1 unspecified atom stereocenters. The third-order valence-corrected chi connectivity index (χ3v) is 4.17. The molecule has 6 heteroatoms. The Morgan fingerprint density at radius 2 is 2.09 bits per heavy atom. The van der Waals surface area contributed by atoms with E-state index >= 15 is 0 Å². The van der Waals surface area contributed by atoms with Gasteiger partial charge in [0.2, 0.25) is 5.91 Å². The largest absolute Gasteiger partial charge is 0.377 e. The summed E-state index contributed by atoms with van der Waals surface area (Å²) in [4.78, 5) is 25.1. The van der Waals surface area contributed by atoms with Crippen LogP contribution >= 0.6 is 0 Å². The van der Waals surface area contributed by atoms with Crippen LogP contribution in [0.3, 0.4) is 0 Å². The predicted molar refractivity (Wildman–Crippen MR) is 79.4 cm³/mol. The van der Waals surface area contributed by atoms with E-state index in [2.05, 4.69) is 5.32 Å². The average Bonchev–Trinajstić information content (AvgIpc) is 2.43. The van der Waals surface area contributed by atoms with Crippen LogP contribution in [0.1, 0.15) is 29.8 Å². The quantitative estimate of drug-likeness (QED) is 0.845. The summed E-state index contributed by atoms with van der Waals surface area (Å²) >= 11 is 0. The number of ether oxygens (including phenoxy) is 1. The number of benzene rings is 1. The van der Waals surface area contributed by atoms with Gasteiger partial charge in [0.05, 0.1) is 19.3 Å². The van der Waals surface area contributed by atoms with E-state index in [4.69, 9.17) is 4.74 Å². The number of nitrogens with zero attached hydrogens (tertiary/aromatic N) is 1. The van der Waals surface area contributed by atoms with Gasteiger partial charge in [-0.2, -0.15) is 0 Å². The van der Waals surface area contributed by atoms with Gasteiger partial charge in [-0.15, -0.1) is 0 Å². The maximum Gasteiger partial charge on any atom is 0.251 e. The van der Waals surface area contributed by atoms with E-state index in [-0.39, 0.29) is 23.8 Å². The van der Waals surface area contributed by atoms with Crippen molar-refractivity contribution in [2.75, 3.05) is 18.1 Å². The minimum atomic E-state index is -1.32. The fraction of sp³-hybridized carbons (Fsp3) is 0.500. The molecule has 22 heavy (non-hydrogen) atoms. The highest BCUT2D eigenvalue weighted by Crippen LogP contribution is 2.35. The second-order valence-electron chi connectivity index (χ2n) is 5.99. The molecule has 2 aliphatic heterocycles. The SMILES string of the molecule is CC(=O)N1c2ccc(C(=O)NC3COC3)cc2CC(C)[C@@H]1F. The lowest BCUT2D eigenvalue weighted by Gasteiger charge is -2.36. The lowest BCUT2D eigenvalue weighted by atomic mass is 9.91. The highest BCUT2D eigenvalue weighted by atomic mass is 19.1. The first-order valence-electron chi connectivity index (χ1n) is 7.42. The molecule has 3 rings (SSSR count). The van der Waals surface area contributed by atoms with Crippen LogP contribution in [0.2, 0.25) is 0 Å². The van der Waals surface area contributed by atoms with Crippen LogP contribution in [0, 0.1) is 5.92 Å². The Balaban J connectivity index is 1.87. The zero-order valence-corrected chi connectivity index (χ0v) is 12.6. The summed E-state index contributed by atoms with van der Waals surface area (Å²) < 4.78 is 19.3. The molecular weight excluding hydrogens is 287 g/mol. The highest BCUT2D eigenvalue weighted by Gasteiger charge is 2.34. The summed E-state index contributed by atoms with van der Waals surface area (Å²) in [6, 6.07) is 5.10. The summed E-state index contributed by atoms with van der Waals surface area (Å²) in [7, 11) is 0. The van der Waals surface area contributed by atoms with E-state index in [1.165, 1.54) is 11.8 Å². The Morgan fingerprint density at radius 1 is 1.36 bits per heavy atom. The molecule has 0 saturated carbocycles. The molecule has 1 aromatic carbocycles. The molecule has 118 valence electrons. The Bertz CT molecular complexity index is 615. The van der Waals surface area contributed by atoms with E-state index in [1.807, 2.05) is 0 Å². The van der Waals surface area contributed by atoms with Crippen molar-refractivity contribution in [3.8, 4) is 0 Å². The topological polar surface area (TPSA) is 58.6 Å². The van der Waals surface area contributed by atoms with Crippen molar-refractivity contribution in [1.82, 2.24) is 5.32 Å². The molecular formula is C16H19FN2O3. The van der Waals surface area contributed by atoms with Gasteiger partial charge in [0.25, 0.3) is 5.91 Å². The van der Waals surface area contributed by atoms with Gasteiger partial charge in [0, 0.05) is 24.1 Å². The predicted octanol–water partition coefficient (Wildman–Crippen LogP) is 1.66. The van der Waals surface area contributed by atoms with Crippen LogP contribution in [0.5, 0.6) is 0 Å². The van der Waals surface area contributed by atoms with Gasteiger partial charge in [-0.1, -0.05) is 6.92 Å². The molecule has 0 radical (unpaired) electrons. The van der Waals surface area contributed by atoms with Gasteiger partial charge >= 0.3 is 0 Å². The molecule has 1 aromatic rings. The van der Waals surface area contributed by atoms with Crippen LogP contribution in [-0.2, 0) is 16.0 Å². The van der Waals surface area contributed by atoms with Gasteiger partial charge in [-0.05, 0) is 30.2 Å². The molecule has 1 saturated heterocycles. The normalized spacial score (nSPS) is 24.4. The monoisotopic (exact) mass is 306 g/mol. The number of hydrogen-bond acceptors (Lipinski definition) is 3. The number of alkyl halides is 1. The Kier molecular flexibility index (Phi) is 3.87.